The molecule has 2 amide bonds. The fraction of sp³-hybridized carbons (Fsp3) is 0.391. The fourth-order valence-electron chi connectivity index (χ4n) is 4.53. The molecule has 2 aliphatic rings. The number of likely N-dealkylation sites (tertiary alicyclic amines) is 1. The van der Waals surface area contributed by atoms with E-state index in [9.17, 15) is 9.59 Å². The van der Waals surface area contributed by atoms with Gasteiger partial charge in [-0.2, -0.15) is 0 Å². The lowest BCUT2D eigenvalue weighted by Crippen LogP contribution is -2.33. The van der Waals surface area contributed by atoms with E-state index in [0.29, 0.717) is 23.2 Å². The predicted octanol–water partition coefficient (Wildman–Crippen LogP) is 2.61. The first-order chi connectivity index (χ1) is 14.6. The minimum atomic E-state index is -2.23. The van der Waals surface area contributed by atoms with Crippen molar-refractivity contribution in [1.82, 2.24) is 15.7 Å². The number of hydrogen-bond donors (Lipinski definition) is 3. The van der Waals surface area contributed by atoms with Gasteiger partial charge in [-0.15, -0.1) is 0 Å². The van der Waals surface area contributed by atoms with Gasteiger partial charge in [0.2, 0.25) is 5.67 Å². The molecule has 7 heteroatoms. The third-order valence-corrected chi connectivity index (χ3v) is 6.18. The lowest BCUT2D eigenvalue weighted by atomic mass is 10.0. The lowest BCUT2D eigenvalue weighted by Gasteiger charge is -2.14. The van der Waals surface area contributed by atoms with Crippen LogP contribution in [0.1, 0.15) is 46.2 Å². The number of nitrogens with one attached hydrogen (secondary N) is 2. The van der Waals surface area contributed by atoms with E-state index in [4.69, 9.17) is 5.21 Å². The first kappa shape index (κ1) is 20.5. The quantitative estimate of drug-likeness (QED) is 0.483. The topological polar surface area (TPSA) is 81.7 Å². The van der Waals surface area contributed by atoms with Gasteiger partial charge in [-0.1, -0.05) is 42.5 Å². The molecular formula is C23H26FN3O3. The summed E-state index contributed by atoms with van der Waals surface area (Å²) in [5.41, 5.74) is 1.03. The summed E-state index contributed by atoms with van der Waals surface area (Å²) >= 11 is 0. The summed E-state index contributed by atoms with van der Waals surface area (Å²) in [5.74, 6) is -2.63. The first-order valence-corrected chi connectivity index (χ1v) is 10.3. The van der Waals surface area contributed by atoms with E-state index in [1.807, 2.05) is 6.07 Å². The molecule has 2 aromatic carbocycles. The van der Waals surface area contributed by atoms with Crippen molar-refractivity contribution < 1.29 is 19.2 Å². The highest BCUT2D eigenvalue weighted by Crippen LogP contribution is 2.66. The van der Waals surface area contributed by atoms with Crippen LogP contribution in [0, 0.1) is 0 Å². The smallest absolute Gasteiger partial charge is 0.282 e. The molecule has 1 saturated carbocycles. The average Bonchev–Trinajstić information content (AvgIpc) is 3.11. The van der Waals surface area contributed by atoms with Crippen LogP contribution in [-0.2, 0) is 4.79 Å². The Morgan fingerprint density at radius 2 is 1.60 bits per heavy atom. The van der Waals surface area contributed by atoms with E-state index in [0.717, 1.165) is 19.6 Å². The van der Waals surface area contributed by atoms with Gasteiger partial charge < -0.3 is 10.2 Å². The van der Waals surface area contributed by atoms with Gasteiger partial charge in [-0.3, -0.25) is 14.8 Å². The maximum atomic E-state index is 15.5. The Balaban J connectivity index is 1.44. The van der Waals surface area contributed by atoms with Crippen molar-refractivity contribution in [2.24, 2.45) is 0 Å². The van der Waals surface area contributed by atoms with Crippen molar-refractivity contribution in [2.75, 3.05) is 26.2 Å². The Morgan fingerprint density at radius 1 is 1.00 bits per heavy atom. The van der Waals surface area contributed by atoms with Gasteiger partial charge >= 0.3 is 0 Å². The summed E-state index contributed by atoms with van der Waals surface area (Å²) in [6.45, 7) is 3.59. The van der Waals surface area contributed by atoms with Gasteiger partial charge in [-0.05, 0) is 49.2 Å². The number of carbonyl (C=O) groups excluding carboxylic acids is 2. The molecule has 1 aliphatic heterocycles. The summed E-state index contributed by atoms with van der Waals surface area (Å²) in [5, 5.41) is 11.9. The van der Waals surface area contributed by atoms with Gasteiger partial charge in [-0.25, -0.2) is 9.87 Å². The second kappa shape index (κ2) is 8.53. The van der Waals surface area contributed by atoms with Crippen molar-refractivity contribution in [2.45, 2.75) is 30.3 Å². The van der Waals surface area contributed by atoms with Crippen LogP contribution in [0.25, 0.3) is 0 Å². The molecule has 30 heavy (non-hydrogen) atoms. The highest BCUT2D eigenvalue weighted by molar-refractivity contribution is 5.95. The summed E-state index contributed by atoms with van der Waals surface area (Å²) in [6, 6.07) is 15.6. The Morgan fingerprint density at radius 3 is 2.20 bits per heavy atom. The fourth-order valence-corrected chi connectivity index (χ4v) is 4.53. The summed E-state index contributed by atoms with van der Waals surface area (Å²) < 4.78 is 15.5. The monoisotopic (exact) mass is 411 g/mol. The maximum absolute atomic E-state index is 15.5. The highest BCUT2D eigenvalue weighted by atomic mass is 19.1. The van der Waals surface area contributed by atoms with Crippen LogP contribution in [0.5, 0.6) is 0 Å². The zero-order chi connectivity index (χ0) is 21.1. The molecule has 0 bridgehead atoms. The second-order valence-electron chi connectivity index (χ2n) is 8.00. The molecule has 1 heterocycles. The molecule has 0 radical (unpaired) electrons. The molecule has 0 spiro atoms. The van der Waals surface area contributed by atoms with Crippen molar-refractivity contribution >= 4 is 11.8 Å². The second-order valence-corrected chi connectivity index (χ2v) is 8.00. The minimum absolute atomic E-state index is 0.171. The number of amides is 2. The zero-order valence-corrected chi connectivity index (χ0v) is 16.7. The maximum Gasteiger partial charge on any atom is 0.282 e. The largest absolute Gasteiger partial charge is 0.351 e. The average molecular weight is 411 g/mol. The molecule has 4 rings (SSSR count). The van der Waals surface area contributed by atoms with Crippen molar-refractivity contribution in [3.63, 3.8) is 0 Å². The number of hydrogen-bond acceptors (Lipinski definition) is 4. The van der Waals surface area contributed by atoms with E-state index in [2.05, 4.69) is 10.2 Å². The zero-order valence-electron chi connectivity index (χ0n) is 16.7. The number of nitrogens with zero attached hydrogens (tertiary/aromatic N) is 1. The molecule has 3 atom stereocenters. The Kier molecular flexibility index (Phi) is 5.83. The molecule has 1 saturated heterocycles. The van der Waals surface area contributed by atoms with Crippen LogP contribution < -0.4 is 10.8 Å². The molecule has 2 fully saturated rings. The standard InChI is InChI=1S/C23H26FN3O3/c24-23(22(29)26-30)19(16-6-2-1-3-7-16)20(23)17-8-10-18(11-9-17)21(28)25-12-15-27-13-4-5-14-27/h1-3,6-11,19-20,30H,4-5,12-15H2,(H,25,28)(H,26,29). The van der Waals surface area contributed by atoms with E-state index in [1.54, 1.807) is 48.5 Å². The van der Waals surface area contributed by atoms with Crippen molar-refractivity contribution in [1.29, 1.82) is 0 Å². The van der Waals surface area contributed by atoms with E-state index < -0.39 is 23.4 Å². The third-order valence-electron chi connectivity index (χ3n) is 6.18. The van der Waals surface area contributed by atoms with Crippen LogP contribution in [0.3, 0.4) is 0 Å². The van der Waals surface area contributed by atoms with Crippen molar-refractivity contribution in [3.05, 3.63) is 71.3 Å². The van der Waals surface area contributed by atoms with Crippen LogP contribution in [0.2, 0.25) is 0 Å². The van der Waals surface area contributed by atoms with Crippen LogP contribution >= 0.6 is 0 Å². The Hall–Kier alpha value is -2.77. The van der Waals surface area contributed by atoms with E-state index in [1.165, 1.54) is 18.3 Å². The van der Waals surface area contributed by atoms with E-state index >= 15 is 4.39 Å². The number of halogens is 1. The minimum Gasteiger partial charge on any atom is -0.351 e. The molecule has 6 nitrogen and oxygen atoms in total. The number of hydroxylamine groups is 1. The predicted molar refractivity (Wildman–Crippen MR) is 110 cm³/mol. The number of rotatable bonds is 7. The van der Waals surface area contributed by atoms with Crippen LogP contribution in [0.15, 0.2) is 54.6 Å². The molecular weight excluding hydrogens is 385 g/mol. The molecule has 3 N–H and O–H groups in total. The lowest BCUT2D eigenvalue weighted by molar-refractivity contribution is -0.136. The van der Waals surface area contributed by atoms with Crippen LogP contribution in [-0.4, -0.2) is 53.8 Å². The number of carbonyl (C=O) groups is 2. The Bertz CT molecular complexity index is 900. The molecule has 158 valence electrons. The summed E-state index contributed by atoms with van der Waals surface area (Å²) in [4.78, 5) is 26.8. The van der Waals surface area contributed by atoms with Gasteiger partial charge in [0.1, 0.15) is 0 Å². The number of benzene rings is 2. The van der Waals surface area contributed by atoms with E-state index in [-0.39, 0.29) is 5.91 Å². The highest BCUT2D eigenvalue weighted by Gasteiger charge is 2.72. The first-order valence-electron chi connectivity index (χ1n) is 10.3. The van der Waals surface area contributed by atoms with Gasteiger partial charge in [0.15, 0.2) is 0 Å². The van der Waals surface area contributed by atoms with Gasteiger partial charge in [0.05, 0.1) is 0 Å². The molecule has 0 aromatic heterocycles. The number of alkyl halides is 1. The normalized spacial score (nSPS) is 25.7. The molecule has 1 aliphatic carbocycles. The Labute approximate surface area is 175 Å². The van der Waals surface area contributed by atoms with Gasteiger partial charge in [0.25, 0.3) is 11.8 Å². The third kappa shape index (κ3) is 3.82. The summed E-state index contributed by atoms with van der Waals surface area (Å²) in [7, 11) is 0. The summed E-state index contributed by atoms with van der Waals surface area (Å²) in [6.07, 6.45) is 2.43. The van der Waals surface area contributed by atoms with Gasteiger partial charge in [0, 0.05) is 30.5 Å². The SMILES string of the molecule is O=C(NCCN1CCCC1)c1ccc(C2C(c3ccccc3)C2(F)C(=O)NO)cc1. The van der Waals surface area contributed by atoms with Crippen molar-refractivity contribution in [3.8, 4) is 0 Å². The van der Waals surface area contributed by atoms with Crippen LogP contribution in [0.4, 0.5) is 4.39 Å². The molecule has 3 unspecified atom stereocenters. The molecule has 2 aromatic rings.